The molecule has 1 N–H and O–H groups in total. The second-order valence-corrected chi connectivity index (χ2v) is 8.06. The van der Waals surface area contributed by atoms with Gasteiger partial charge in [-0.1, -0.05) is 12.1 Å². The highest BCUT2D eigenvalue weighted by Crippen LogP contribution is 2.33. The summed E-state index contributed by atoms with van der Waals surface area (Å²) in [6.45, 7) is 4.02. The smallest absolute Gasteiger partial charge is 0.126 e. The van der Waals surface area contributed by atoms with E-state index in [1.165, 1.54) is 35.6 Å². The lowest BCUT2D eigenvalue weighted by molar-refractivity contribution is 0.0623. The van der Waals surface area contributed by atoms with E-state index in [1.54, 1.807) is 0 Å². The Morgan fingerprint density at radius 2 is 2.11 bits per heavy atom. The number of hydrogen-bond donors (Lipinski definition) is 1. The minimum Gasteiger partial charge on any atom is -0.491 e. The first-order valence-corrected chi connectivity index (χ1v) is 10.3. The minimum atomic E-state index is -0.499. The number of aryl methyl sites for hydroxylation is 2. The molecule has 0 bridgehead atoms. The Bertz CT molecular complexity index is 786. The van der Waals surface area contributed by atoms with Crippen LogP contribution in [0.4, 0.5) is 0 Å². The molecule has 1 aliphatic heterocycles. The van der Waals surface area contributed by atoms with E-state index in [0.29, 0.717) is 19.2 Å². The summed E-state index contributed by atoms with van der Waals surface area (Å²) >= 11 is 0. The van der Waals surface area contributed by atoms with Crippen LogP contribution in [0.2, 0.25) is 0 Å². The summed E-state index contributed by atoms with van der Waals surface area (Å²) in [5, 5.41) is 10.5. The van der Waals surface area contributed by atoms with Crippen molar-refractivity contribution in [1.29, 1.82) is 0 Å². The first kappa shape index (κ1) is 18.5. The maximum Gasteiger partial charge on any atom is 0.126 e. The number of rotatable bonds is 6. The zero-order valence-corrected chi connectivity index (χ0v) is 16.5. The van der Waals surface area contributed by atoms with Gasteiger partial charge in [0.25, 0.3) is 0 Å². The monoisotopic (exact) mass is 369 g/mol. The van der Waals surface area contributed by atoms with E-state index < -0.39 is 6.10 Å². The van der Waals surface area contributed by atoms with Gasteiger partial charge in [0.2, 0.25) is 0 Å². The van der Waals surface area contributed by atoms with Crippen LogP contribution in [0, 0.1) is 6.92 Å². The molecule has 1 aliphatic carbocycles. The quantitative estimate of drug-likeness (QED) is 0.850. The molecule has 146 valence electrons. The van der Waals surface area contributed by atoms with Gasteiger partial charge in [0.05, 0.1) is 11.7 Å². The van der Waals surface area contributed by atoms with E-state index in [9.17, 15) is 5.11 Å². The Balaban J connectivity index is 1.39. The van der Waals surface area contributed by atoms with Crippen molar-refractivity contribution in [3.8, 4) is 5.75 Å². The lowest BCUT2D eigenvalue weighted by Gasteiger charge is -2.26. The number of aliphatic hydroxyl groups is 1. The fourth-order valence-corrected chi connectivity index (χ4v) is 4.56. The minimum absolute atomic E-state index is 0.314. The summed E-state index contributed by atoms with van der Waals surface area (Å²) in [6, 6.07) is 8.29. The predicted molar refractivity (Wildman–Crippen MR) is 106 cm³/mol. The number of benzene rings is 1. The lowest BCUT2D eigenvalue weighted by atomic mass is 10.0. The predicted octanol–water partition coefficient (Wildman–Crippen LogP) is 3.18. The van der Waals surface area contributed by atoms with Crippen molar-refractivity contribution in [2.24, 2.45) is 7.05 Å². The normalized spacial score (nSPS) is 21.2. The molecule has 0 radical (unpaired) electrons. The van der Waals surface area contributed by atoms with E-state index in [2.05, 4.69) is 16.5 Å². The molecule has 4 rings (SSSR count). The molecule has 2 atom stereocenters. The van der Waals surface area contributed by atoms with Crippen molar-refractivity contribution in [1.82, 2.24) is 14.5 Å². The van der Waals surface area contributed by atoms with Crippen molar-refractivity contribution in [2.75, 3.05) is 19.7 Å². The second-order valence-electron chi connectivity index (χ2n) is 8.06. The highest BCUT2D eigenvalue weighted by Gasteiger charge is 2.32. The Labute approximate surface area is 162 Å². The Morgan fingerprint density at radius 1 is 1.26 bits per heavy atom. The third-order valence-corrected chi connectivity index (χ3v) is 5.95. The first-order chi connectivity index (χ1) is 13.1. The molecule has 2 aliphatic rings. The van der Waals surface area contributed by atoms with Crippen LogP contribution in [0.15, 0.2) is 24.3 Å². The summed E-state index contributed by atoms with van der Waals surface area (Å²) in [5.74, 6) is 2.01. The molecule has 5 heteroatoms. The number of imidazole rings is 1. The molecular formula is C22H31N3O2. The van der Waals surface area contributed by atoms with Crippen LogP contribution in [0.1, 0.15) is 54.5 Å². The molecule has 2 aromatic rings. The molecule has 1 fully saturated rings. The summed E-state index contributed by atoms with van der Waals surface area (Å²) in [7, 11) is 2.17. The SMILES string of the molecule is Cc1cccc(OC[C@H](O)CN2CCC[C@@H]2c2nc3c(n2C)CCCC3)c1. The van der Waals surface area contributed by atoms with E-state index in [1.807, 2.05) is 31.2 Å². The van der Waals surface area contributed by atoms with Gasteiger partial charge in [-0.2, -0.15) is 0 Å². The highest BCUT2D eigenvalue weighted by molar-refractivity contribution is 5.27. The van der Waals surface area contributed by atoms with Crippen LogP contribution >= 0.6 is 0 Å². The van der Waals surface area contributed by atoms with Gasteiger partial charge in [-0.3, -0.25) is 4.90 Å². The lowest BCUT2D eigenvalue weighted by Crippen LogP contribution is -2.36. The largest absolute Gasteiger partial charge is 0.491 e. The van der Waals surface area contributed by atoms with Gasteiger partial charge in [-0.15, -0.1) is 0 Å². The van der Waals surface area contributed by atoms with E-state index >= 15 is 0 Å². The molecule has 0 amide bonds. The van der Waals surface area contributed by atoms with E-state index in [4.69, 9.17) is 9.72 Å². The second kappa shape index (κ2) is 8.03. The Hall–Kier alpha value is -1.85. The summed E-state index contributed by atoms with van der Waals surface area (Å²) in [4.78, 5) is 7.39. The van der Waals surface area contributed by atoms with Crippen LogP contribution < -0.4 is 4.74 Å². The molecule has 0 saturated carbocycles. The fourth-order valence-electron chi connectivity index (χ4n) is 4.56. The molecule has 1 saturated heterocycles. The van der Waals surface area contributed by atoms with Crippen molar-refractivity contribution >= 4 is 0 Å². The molecule has 2 heterocycles. The summed E-state index contributed by atoms with van der Waals surface area (Å²) in [6.07, 6.45) is 6.58. The zero-order chi connectivity index (χ0) is 18.8. The van der Waals surface area contributed by atoms with Gasteiger partial charge in [-0.25, -0.2) is 4.98 Å². The first-order valence-electron chi connectivity index (χ1n) is 10.3. The number of aliphatic hydroxyl groups excluding tert-OH is 1. The number of hydrogen-bond acceptors (Lipinski definition) is 4. The average molecular weight is 370 g/mol. The van der Waals surface area contributed by atoms with Crippen molar-refractivity contribution in [3.05, 3.63) is 47.0 Å². The number of ether oxygens (including phenoxy) is 1. The Morgan fingerprint density at radius 3 is 2.93 bits per heavy atom. The van der Waals surface area contributed by atoms with Crippen LogP contribution in [-0.4, -0.2) is 45.4 Å². The zero-order valence-electron chi connectivity index (χ0n) is 16.5. The van der Waals surface area contributed by atoms with E-state index in [-0.39, 0.29) is 0 Å². The van der Waals surface area contributed by atoms with Gasteiger partial charge < -0.3 is 14.4 Å². The van der Waals surface area contributed by atoms with Gasteiger partial charge >= 0.3 is 0 Å². The van der Waals surface area contributed by atoms with Crippen LogP contribution in [0.25, 0.3) is 0 Å². The van der Waals surface area contributed by atoms with Crippen molar-refractivity contribution < 1.29 is 9.84 Å². The summed E-state index contributed by atoms with van der Waals surface area (Å²) < 4.78 is 8.12. The van der Waals surface area contributed by atoms with Crippen LogP contribution in [-0.2, 0) is 19.9 Å². The molecule has 27 heavy (non-hydrogen) atoms. The molecule has 0 unspecified atom stereocenters. The highest BCUT2D eigenvalue weighted by atomic mass is 16.5. The van der Waals surface area contributed by atoms with Crippen molar-refractivity contribution in [2.45, 2.75) is 57.6 Å². The topological polar surface area (TPSA) is 50.5 Å². The number of likely N-dealkylation sites (tertiary alicyclic amines) is 1. The van der Waals surface area contributed by atoms with Gasteiger partial charge in [-0.05, 0) is 69.7 Å². The average Bonchev–Trinajstić information content (AvgIpc) is 3.24. The van der Waals surface area contributed by atoms with Gasteiger partial charge in [0.1, 0.15) is 24.3 Å². The standard InChI is InChI=1S/C22H31N3O2/c1-16-7-5-8-18(13-16)27-15-17(26)14-25-12-6-11-21(25)22-23-19-9-3-4-10-20(19)24(22)2/h5,7-8,13,17,21,26H,3-4,6,9-12,14-15H2,1-2H3/t17-,21-/m1/s1. The maximum atomic E-state index is 10.5. The molecule has 5 nitrogen and oxygen atoms in total. The van der Waals surface area contributed by atoms with E-state index in [0.717, 1.165) is 38.0 Å². The maximum absolute atomic E-state index is 10.5. The number of aromatic nitrogens is 2. The molecule has 1 aromatic carbocycles. The summed E-state index contributed by atoms with van der Waals surface area (Å²) in [5.41, 5.74) is 3.89. The van der Waals surface area contributed by atoms with Gasteiger partial charge in [0.15, 0.2) is 0 Å². The fraction of sp³-hybridized carbons (Fsp3) is 0.591. The van der Waals surface area contributed by atoms with Crippen LogP contribution in [0.5, 0.6) is 5.75 Å². The third-order valence-electron chi connectivity index (χ3n) is 5.95. The van der Waals surface area contributed by atoms with Gasteiger partial charge in [0, 0.05) is 19.3 Å². The van der Waals surface area contributed by atoms with Crippen molar-refractivity contribution in [3.63, 3.8) is 0 Å². The molecule has 1 aromatic heterocycles. The number of fused-ring (bicyclic) bond motifs is 1. The molecular weight excluding hydrogens is 338 g/mol. The number of nitrogens with zero attached hydrogens (tertiary/aromatic N) is 3. The molecule has 0 spiro atoms. The number of β-amino-alcohol motifs (C(OH)–C–C–N with tert-alkyl or cyclic N) is 1. The third kappa shape index (κ3) is 4.04. The van der Waals surface area contributed by atoms with Crippen LogP contribution in [0.3, 0.4) is 0 Å². The Kier molecular flexibility index (Phi) is 5.50.